The Hall–Kier alpha value is -0.220. The van der Waals surface area contributed by atoms with Crippen molar-refractivity contribution in [1.82, 2.24) is 5.32 Å². The summed E-state index contributed by atoms with van der Waals surface area (Å²) in [7, 11) is 0. The summed E-state index contributed by atoms with van der Waals surface area (Å²) >= 11 is 1.82. The zero-order valence-corrected chi connectivity index (χ0v) is 9.78. The van der Waals surface area contributed by atoms with Crippen LogP contribution >= 0.6 is 11.8 Å². The average Bonchev–Trinajstić information content (AvgIpc) is 2.65. The van der Waals surface area contributed by atoms with Crippen LogP contribution < -0.4 is 5.32 Å². The molecule has 0 saturated carbocycles. The standard InChI is InChI=1S/C10H19NO2S/c1-3-6-11-10(5-7-14-8-10)9(12)13-4-2/h11H,3-8H2,1-2H3. The molecule has 0 spiro atoms. The number of ether oxygens (including phenoxy) is 1. The Balaban J connectivity index is 2.56. The predicted octanol–water partition coefficient (Wildman–Crippen LogP) is 1.42. The Labute approximate surface area is 90.0 Å². The van der Waals surface area contributed by atoms with Gasteiger partial charge in [-0.1, -0.05) is 6.92 Å². The second-order valence-corrected chi connectivity index (χ2v) is 4.64. The Morgan fingerprint density at radius 3 is 2.86 bits per heavy atom. The fourth-order valence-corrected chi connectivity index (χ4v) is 2.92. The number of rotatable bonds is 5. The maximum Gasteiger partial charge on any atom is 0.327 e. The molecule has 0 radical (unpaired) electrons. The van der Waals surface area contributed by atoms with Crippen LogP contribution in [0.1, 0.15) is 26.7 Å². The Morgan fingerprint density at radius 2 is 2.36 bits per heavy atom. The SMILES string of the molecule is CCCNC1(C(=O)OCC)CCSC1. The molecule has 1 aliphatic heterocycles. The summed E-state index contributed by atoms with van der Waals surface area (Å²) in [5.41, 5.74) is -0.392. The first-order valence-electron chi connectivity index (χ1n) is 5.25. The van der Waals surface area contributed by atoms with Gasteiger partial charge in [0, 0.05) is 5.75 Å². The van der Waals surface area contributed by atoms with E-state index in [9.17, 15) is 4.79 Å². The topological polar surface area (TPSA) is 38.3 Å². The van der Waals surface area contributed by atoms with Crippen molar-refractivity contribution in [1.29, 1.82) is 0 Å². The minimum atomic E-state index is -0.392. The molecule has 3 nitrogen and oxygen atoms in total. The summed E-state index contributed by atoms with van der Waals surface area (Å²) in [6.45, 7) is 5.32. The number of hydrogen-bond acceptors (Lipinski definition) is 4. The minimum Gasteiger partial charge on any atom is -0.465 e. The molecule has 4 heteroatoms. The van der Waals surface area contributed by atoms with E-state index in [-0.39, 0.29) is 5.97 Å². The molecular weight excluding hydrogens is 198 g/mol. The first-order valence-corrected chi connectivity index (χ1v) is 6.40. The van der Waals surface area contributed by atoms with Crippen molar-refractivity contribution in [2.24, 2.45) is 0 Å². The summed E-state index contributed by atoms with van der Waals surface area (Å²) in [5, 5.41) is 3.33. The van der Waals surface area contributed by atoms with E-state index in [2.05, 4.69) is 12.2 Å². The van der Waals surface area contributed by atoms with Crippen molar-refractivity contribution in [3.8, 4) is 0 Å². The predicted molar refractivity (Wildman–Crippen MR) is 59.6 cm³/mol. The van der Waals surface area contributed by atoms with Crippen molar-refractivity contribution in [2.75, 3.05) is 24.7 Å². The molecule has 1 aliphatic rings. The Bertz CT molecular complexity index is 191. The van der Waals surface area contributed by atoms with Gasteiger partial charge in [-0.25, -0.2) is 0 Å². The number of nitrogens with one attached hydrogen (secondary N) is 1. The molecule has 1 fully saturated rings. The van der Waals surface area contributed by atoms with Gasteiger partial charge in [0.05, 0.1) is 6.61 Å². The van der Waals surface area contributed by atoms with Crippen LogP contribution in [-0.4, -0.2) is 36.2 Å². The van der Waals surface area contributed by atoms with Gasteiger partial charge in [-0.2, -0.15) is 11.8 Å². The number of thioether (sulfide) groups is 1. The first kappa shape index (κ1) is 11.9. The fourth-order valence-electron chi connectivity index (χ4n) is 1.57. The monoisotopic (exact) mass is 217 g/mol. The molecule has 1 N–H and O–H groups in total. The van der Waals surface area contributed by atoms with Gasteiger partial charge in [-0.3, -0.25) is 4.79 Å². The molecular formula is C10H19NO2S. The van der Waals surface area contributed by atoms with Crippen LogP contribution in [0, 0.1) is 0 Å². The zero-order chi connectivity index (χ0) is 10.4. The summed E-state index contributed by atoms with van der Waals surface area (Å²) < 4.78 is 5.11. The number of carbonyl (C=O) groups excluding carboxylic acids is 1. The lowest BCUT2D eigenvalue weighted by atomic mass is 9.99. The van der Waals surface area contributed by atoms with E-state index < -0.39 is 5.54 Å². The zero-order valence-electron chi connectivity index (χ0n) is 8.97. The molecule has 0 aliphatic carbocycles. The molecule has 14 heavy (non-hydrogen) atoms. The summed E-state index contributed by atoms with van der Waals surface area (Å²) in [6.07, 6.45) is 1.95. The molecule has 0 aromatic carbocycles. The summed E-state index contributed by atoms with van der Waals surface area (Å²) in [5.74, 6) is 1.83. The van der Waals surface area contributed by atoms with Gasteiger partial charge < -0.3 is 10.1 Å². The number of esters is 1. The van der Waals surface area contributed by atoms with Crippen molar-refractivity contribution in [3.63, 3.8) is 0 Å². The van der Waals surface area contributed by atoms with Crippen LogP contribution in [0.5, 0.6) is 0 Å². The highest BCUT2D eigenvalue weighted by atomic mass is 32.2. The minimum absolute atomic E-state index is 0.0709. The summed E-state index contributed by atoms with van der Waals surface area (Å²) in [4.78, 5) is 11.8. The highest BCUT2D eigenvalue weighted by molar-refractivity contribution is 7.99. The van der Waals surface area contributed by atoms with E-state index in [0.717, 1.165) is 30.9 Å². The van der Waals surface area contributed by atoms with Crippen molar-refractivity contribution < 1.29 is 9.53 Å². The quantitative estimate of drug-likeness (QED) is 0.707. The Morgan fingerprint density at radius 1 is 1.57 bits per heavy atom. The van der Waals surface area contributed by atoms with E-state index in [0.29, 0.717) is 6.61 Å². The normalized spacial score (nSPS) is 26.4. The van der Waals surface area contributed by atoms with Crippen LogP contribution in [0.3, 0.4) is 0 Å². The van der Waals surface area contributed by atoms with Crippen molar-refractivity contribution in [3.05, 3.63) is 0 Å². The third-order valence-electron chi connectivity index (χ3n) is 2.40. The largest absolute Gasteiger partial charge is 0.465 e. The van der Waals surface area contributed by atoms with Crippen molar-refractivity contribution in [2.45, 2.75) is 32.2 Å². The molecule has 1 unspecified atom stereocenters. The van der Waals surface area contributed by atoms with Gasteiger partial charge in [0.25, 0.3) is 0 Å². The smallest absolute Gasteiger partial charge is 0.327 e. The van der Waals surface area contributed by atoms with Crippen molar-refractivity contribution >= 4 is 17.7 Å². The molecule has 82 valence electrons. The Kier molecular flexibility index (Phi) is 4.75. The van der Waals surface area contributed by atoms with Gasteiger partial charge in [0.15, 0.2) is 0 Å². The molecule has 1 heterocycles. The van der Waals surface area contributed by atoms with Gasteiger partial charge >= 0.3 is 5.97 Å². The van der Waals surface area contributed by atoms with E-state index in [4.69, 9.17) is 4.74 Å². The van der Waals surface area contributed by atoms with Crippen LogP contribution in [-0.2, 0) is 9.53 Å². The van der Waals surface area contributed by atoms with E-state index in [1.54, 1.807) is 0 Å². The van der Waals surface area contributed by atoms with Crippen LogP contribution in [0.2, 0.25) is 0 Å². The van der Waals surface area contributed by atoms with Gasteiger partial charge in [0.2, 0.25) is 0 Å². The molecule has 0 amide bonds. The molecule has 1 atom stereocenters. The second-order valence-electron chi connectivity index (χ2n) is 3.53. The maximum absolute atomic E-state index is 11.8. The highest BCUT2D eigenvalue weighted by Crippen LogP contribution is 2.29. The van der Waals surface area contributed by atoms with Gasteiger partial charge in [0.1, 0.15) is 5.54 Å². The first-order chi connectivity index (χ1) is 6.75. The third kappa shape index (κ3) is 2.64. The molecule has 1 rings (SSSR count). The molecule has 0 aromatic rings. The highest BCUT2D eigenvalue weighted by Gasteiger charge is 2.42. The van der Waals surface area contributed by atoms with Gasteiger partial charge in [-0.15, -0.1) is 0 Å². The average molecular weight is 217 g/mol. The van der Waals surface area contributed by atoms with Crippen LogP contribution in [0.25, 0.3) is 0 Å². The lowest BCUT2D eigenvalue weighted by molar-refractivity contribution is -0.150. The fraction of sp³-hybridized carbons (Fsp3) is 0.900. The maximum atomic E-state index is 11.8. The second kappa shape index (κ2) is 5.61. The third-order valence-corrected chi connectivity index (χ3v) is 3.59. The summed E-state index contributed by atoms with van der Waals surface area (Å²) in [6, 6.07) is 0. The lowest BCUT2D eigenvalue weighted by Gasteiger charge is -2.26. The molecule has 0 bridgehead atoms. The van der Waals surface area contributed by atoms with E-state index in [1.165, 1.54) is 0 Å². The molecule has 1 saturated heterocycles. The van der Waals surface area contributed by atoms with E-state index >= 15 is 0 Å². The van der Waals surface area contributed by atoms with Gasteiger partial charge in [-0.05, 0) is 32.1 Å². The number of carbonyl (C=O) groups is 1. The van der Waals surface area contributed by atoms with E-state index in [1.807, 2.05) is 18.7 Å². The molecule has 0 aromatic heterocycles. The van der Waals surface area contributed by atoms with Crippen LogP contribution in [0.15, 0.2) is 0 Å². The van der Waals surface area contributed by atoms with Crippen LogP contribution in [0.4, 0.5) is 0 Å². The number of hydrogen-bond donors (Lipinski definition) is 1. The lowest BCUT2D eigenvalue weighted by Crippen LogP contribution is -2.53.